The molecule has 0 spiro atoms. The van der Waals surface area contributed by atoms with Crippen LogP contribution in [0.1, 0.15) is 52.0 Å². The van der Waals surface area contributed by atoms with E-state index in [0.717, 1.165) is 24.2 Å². The van der Waals surface area contributed by atoms with Crippen molar-refractivity contribution in [1.82, 2.24) is 5.32 Å². The molecule has 1 atom stereocenters. The molecule has 1 aliphatic rings. The summed E-state index contributed by atoms with van der Waals surface area (Å²) < 4.78 is 10.6. The van der Waals surface area contributed by atoms with Gasteiger partial charge in [-0.2, -0.15) is 0 Å². The van der Waals surface area contributed by atoms with Crippen LogP contribution in [0.5, 0.6) is 11.5 Å². The molecular weight excluding hydrogens is 308 g/mol. The highest BCUT2D eigenvalue weighted by atomic mass is 16.7. The molecule has 1 aromatic carbocycles. The van der Waals surface area contributed by atoms with Gasteiger partial charge >= 0.3 is 0 Å². The van der Waals surface area contributed by atoms with E-state index in [4.69, 9.17) is 14.3 Å². The molecule has 2 rings (SSSR count). The number of ether oxygens (including phenoxy) is 2. The molecule has 0 saturated heterocycles. The van der Waals surface area contributed by atoms with E-state index in [2.05, 4.69) is 17.4 Å². The van der Waals surface area contributed by atoms with Crippen LogP contribution >= 0.6 is 0 Å². The molecule has 6 nitrogen and oxygen atoms in total. The first-order valence-corrected chi connectivity index (χ1v) is 8.46. The third-order valence-corrected chi connectivity index (χ3v) is 3.84. The van der Waals surface area contributed by atoms with Crippen LogP contribution in [0.2, 0.25) is 0 Å². The topological polar surface area (TPSA) is 69.2 Å². The van der Waals surface area contributed by atoms with Crippen molar-refractivity contribution < 1.29 is 19.1 Å². The van der Waals surface area contributed by atoms with Crippen molar-refractivity contribution in [3.63, 3.8) is 0 Å². The van der Waals surface area contributed by atoms with Gasteiger partial charge in [0.1, 0.15) is 0 Å². The van der Waals surface area contributed by atoms with Gasteiger partial charge in [0.25, 0.3) is 5.91 Å². The molecule has 6 heteroatoms. The monoisotopic (exact) mass is 334 g/mol. The molecule has 0 aromatic heterocycles. The summed E-state index contributed by atoms with van der Waals surface area (Å²) in [5.74, 6) is 1.27. The van der Waals surface area contributed by atoms with Crippen molar-refractivity contribution in [3.8, 4) is 11.5 Å². The molecule has 0 saturated carbocycles. The number of carbonyl (C=O) groups is 1. The molecule has 1 heterocycles. The van der Waals surface area contributed by atoms with Gasteiger partial charge in [-0.3, -0.25) is 4.79 Å². The number of benzene rings is 1. The minimum absolute atomic E-state index is 0.0833. The lowest BCUT2D eigenvalue weighted by Gasteiger charge is -2.13. The zero-order chi connectivity index (χ0) is 17.4. The Hall–Kier alpha value is -2.24. The van der Waals surface area contributed by atoms with Crippen LogP contribution in [0.4, 0.5) is 0 Å². The van der Waals surface area contributed by atoms with Crippen molar-refractivity contribution in [1.29, 1.82) is 0 Å². The van der Waals surface area contributed by atoms with E-state index in [9.17, 15) is 4.79 Å². The molecule has 1 amide bonds. The molecule has 1 aromatic rings. The first-order chi connectivity index (χ1) is 11.6. The molecule has 132 valence electrons. The lowest BCUT2D eigenvalue weighted by atomic mass is 10.1. The number of unbranched alkanes of at least 4 members (excludes halogenated alkanes) is 2. The molecule has 24 heavy (non-hydrogen) atoms. The Morgan fingerprint density at radius 2 is 2.12 bits per heavy atom. The van der Waals surface area contributed by atoms with E-state index in [-0.39, 0.29) is 25.3 Å². The number of nitrogens with zero attached hydrogens (tertiary/aromatic N) is 1. The summed E-state index contributed by atoms with van der Waals surface area (Å²) in [6.07, 6.45) is 4.48. The predicted molar refractivity (Wildman–Crippen MR) is 92.5 cm³/mol. The smallest absolute Gasteiger partial charge is 0.260 e. The van der Waals surface area contributed by atoms with E-state index in [1.807, 2.05) is 32.0 Å². The summed E-state index contributed by atoms with van der Waals surface area (Å²) in [6, 6.07) is 5.72. The third kappa shape index (κ3) is 5.44. The summed E-state index contributed by atoms with van der Waals surface area (Å²) in [5, 5.41) is 6.92. The van der Waals surface area contributed by atoms with Crippen molar-refractivity contribution in [2.24, 2.45) is 5.16 Å². The van der Waals surface area contributed by atoms with Gasteiger partial charge in [-0.05, 0) is 38.5 Å². The zero-order valence-electron chi connectivity index (χ0n) is 14.6. The molecule has 1 N–H and O–H groups in total. The van der Waals surface area contributed by atoms with Gasteiger partial charge in [0, 0.05) is 11.6 Å². The molecule has 0 bridgehead atoms. The Labute approximate surface area is 143 Å². The highest BCUT2D eigenvalue weighted by Crippen LogP contribution is 2.32. The first-order valence-electron chi connectivity index (χ1n) is 8.46. The number of oxime groups is 1. The summed E-state index contributed by atoms with van der Waals surface area (Å²) in [7, 11) is 0. The second-order valence-electron chi connectivity index (χ2n) is 5.98. The van der Waals surface area contributed by atoms with Gasteiger partial charge in [-0.1, -0.05) is 31.3 Å². The fourth-order valence-electron chi connectivity index (χ4n) is 2.45. The van der Waals surface area contributed by atoms with Crippen molar-refractivity contribution in [2.75, 3.05) is 13.4 Å². The normalized spacial score (nSPS) is 14.4. The van der Waals surface area contributed by atoms with E-state index >= 15 is 0 Å². The van der Waals surface area contributed by atoms with Crippen LogP contribution in [-0.4, -0.2) is 31.1 Å². The minimum atomic E-state index is -0.152. The second-order valence-corrected chi connectivity index (χ2v) is 5.98. The highest BCUT2D eigenvalue weighted by molar-refractivity contribution is 5.99. The fourth-order valence-corrected chi connectivity index (χ4v) is 2.45. The van der Waals surface area contributed by atoms with E-state index < -0.39 is 0 Å². The maximum Gasteiger partial charge on any atom is 0.260 e. The van der Waals surface area contributed by atoms with E-state index in [1.165, 1.54) is 12.8 Å². The standard InChI is InChI=1S/C18H26N2O4/c1-4-5-6-7-13(2)19-18(21)11-24-20-14(3)15-8-9-16-17(10-15)23-12-22-16/h8-10,13H,4-7,11-12H2,1-3H3,(H,19,21)/b20-14+. The average molecular weight is 334 g/mol. The number of rotatable bonds is 9. The van der Waals surface area contributed by atoms with Gasteiger partial charge in [-0.15, -0.1) is 0 Å². The Balaban J connectivity index is 1.75. The zero-order valence-corrected chi connectivity index (χ0v) is 14.6. The third-order valence-electron chi connectivity index (χ3n) is 3.84. The van der Waals surface area contributed by atoms with Crippen molar-refractivity contribution >= 4 is 11.6 Å². The number of carbonyl (C=O) groups excluding carboxylic acids is 1. The highest BCUT2D eigenvalue weighted by Gasteiger charge is 2.14. The largest absolute Gasteiger partial charge is 0.454 e. The second kappa shape index (κ2) is 9.15. The summed E-state index contributed by atoms with van der Waals surface area (Å²) in [6.45, 7) is 6.15. The SMILES string of the molecule is CCCCCC(C)NC(=O)CO/N=C(\C)c1ccc2c(c1)OCO2. The molecule has 1 aliphatic heterocycles. The van der Waals surface area contributed by atoms with Gasteiger partial charge in [0.2, 0.25) is 6.79 Å². The Kier molecular flexibility index (Phi) is 6.90. The minimum Gasteiger partial charge on any atom is -0.454 e. The Morgan fingerprint density at radius 3 is 2.92 bits per heavy atom. The molecule has 0 aliphatic carbocycles. The van der Waals surface area contributed by atoms with Gasteiger partial charge in [-0.25, -0.2) is 0 Å². The maximum absolute atomic E-state index is 11.8. The molecule has 0 fully saturated rings. The molecule has 0 radical (unpaired) electrons. The lowest BCUT2D eigenvalue weighted by molar-refractivity contribution is -0.126. The first kappa shape index (κ1) is 18.1. The van der Waals surface area contributed by atoms with E-state index in [0.29, 0.717) is 11.5 Å². The quantitative estimate of drug-likeness (QED) is 0.428. The van der Waals surface area contributed by atoms with Gasteiger partial charge in [0.05, 0.1) is 5.71 Å². The molecule has 1 unspecified atom stereocenters. The summed E-state index contributed by atoms with van der Waals surface area (Å²) in [4.78, 5) is 17.0. The van der Waals surface area contributed by atoms with Crippen LogP contribution in [0.25, 0.3) is 0 Å². The summed E-state index contributed by atoms with van der Waals surface area (Å²) >= 11 is 0. The van der Waals surface area contributed by atoms with Gasteiger partial charge < -0.3 is 19.6 Å². The Morgan fingerprint density at radius 1 is 1.33 bits per heavy atom. The Bertz CT molecular complexity index is 586. The number of hydrogen-bond donors (Lipinski definition) is 1. The van der Waals surface area contributed by atoms with Crippen LogP contribution in [0.3, 0.4) is 0 Å². The summed E-state index contributed by atoms with van der Waals surface area (Å²) in [5.41, 5.74) is 1.55. The predicted octanol–water partition coefficient (Wildman–Crippen LogP) is 3.24. The number of nitrogens with one attached hydrogen (secondary N) is 1. The maximum atomic E-state index is 11.8. The fraction of sp³-hybridized carbons (Fsp3) is 0.556. The van der Waals surface area contributed by atoms with Crippen molar-refractivity contribution in [3.05, 3.63) is 23.8 Å². The number of amides is 1. The van der Waals surface area contributed by atoms with Crippen LogP contribution < -0.4 is 14.8 Å². The van der Waals surface area contributed by atoms with Crippen LogP contribution in [-0.2, 0) is 9.63 Å². The lowest BCUT2D eigenvalue weighted by Crippen LogP contribution is -2.34. The average Bonchev–Trinajstić information content (AvgIpc) is 3.02. The number of hydrogen-bond acceptors (Lipinski definition) is 5. The van der Waals surface area contributed by atoms with Crippen LogP contribution in [0.15, 0.2) is 23.4 Å². The molecular formula is C18H26N2O4. The van der Waals surface area contributed by atoms with Crippen molar-refractivity contribution in [2.45, 2.75) is 52.5 Å². The van der Waals surface area contributed by atoms with Gasteiger partial charge in [0.15, 0.2) is 18.1 Å². The van der Waals surface area contributed by atoms with E-state index in [1.54, 1.807) is 0 Å². The number of fused-ring (bicyclic) bond motifs is 1. The van der Waals surface area contributed by atoms with Crippen LogP contribution in [0, 0.1) is 0 Å².